The Kier molecular flexibility index (Phi) is 6.28. The normalized spacial score (nSPS) is 11.5. The number of aryl methyl sites for hydroxylation is 2. The summed E-state index contributed by atoms with van der Waals surface area (Å²) < 4.78 is 11.8. The number of amides is 1. The van der Waals surface area contributed by atoms with Crippen LogP contribution in [0.15, 0.2) is 83.3 Å². The van der Waals surface area contributed by atoms with Gasteiger partial charge >= 0.3 is 0 Å². The van der Waals surface area contributed by atoms with Gasteiger partial charge < -0.3 is 9.15 Å². The number of nitrogens with one attached hydrogen (secondary N) is 1. The summed E-state index contributed by atoms with van der Waals surface area (Å²) in [6, 6.07) is 27.0. The number of para-hydroxylation sites is 1. The van der Waals surface area contributed by atoms with Crippen LogP contribution in [-0.2, 0) is 4.79 Å². The topological polar surface area (TPSA) is 75.3 Å². The van der Waals surface area contributed by atoms with Crippen molar-refractivity contribution in [2.75, 3.05) is 5.32 Å². The lowest BCUT2D eigenvalue weighted by Gasteiger charge is -2.13. The fourth-order valence-corrected chi connectivity index (χ4v) is 3.50. The number of nitrogens with zero attached hydrogens (tertiary/aromatic N) is 1. The van der Waals surface area contributed by atoms with E-state index in [9.17, 15) is 10.1 Å². The van der Waals surface area contributed by atoms with Crippen molar-refractivity contribution in [2.24, 2.45) is 0 Å². The Morgan fingerprint density at radius 3 is 2.06 bits per heavy atom. The molecule has 1 amide bonds. The van der Waals surface area contributed by atoms with Crippen molar-refractivity contribution in [3.8, 4) is 34.3 Å². The van der Waals surface area contributed by atoms with Gasteiger partial charge in [0.05, 0.1) is 0 Å². The van der Waals surface area contributed by atoms with Crippen molar-refractivity contribution in [2.45, 2.75) is 26.9 Å². The van der Waals surface area contributed by atoms with Gasteiger partial charge in [0.2, 0.25) is 5.88 Å². The zero-order valence-corrected chi connectivity index (χ0v) is 18.8. The number of ether oxygens (including phenoxy) is 1. The first-order chi connectivity index (χ1) is 16.0. The predicted molar refractivity (Wildman–Crippen MR) is 129 cm³/mol. The Morgan fingerprint density at radius 1 is 0.909 bits per heavy atom. The van der Waals surface area contributed by atoms with Crippen molar-refractivity contribution >= 4 is 11.8 Å². The molecule has 0 fully saturated rings. The van der Waals surface area contributed by atoms with E-state index in [1.165, 1.54) is 0 Å². The van der Waals surface area contributed by atoms with Gasteiger partial charge in [-0.2, -0.15) is 5.26 Å². The molecule has 1 heterocycles. The van der Waals surface area contributed by atoms with Crippen LogP contribution in [0.25, 0.3) is 22.5 Å². The molecule has 4 rings (SSSR count). The number of furan rings is 1. The van der Waals surface area contributed by atoms with Crippen LogP contribution < -0.4 is 10.1 Å². The SMILES string of the molecule is Cc1ccc(-c2oc(NC(=O)[C@@H](C)Oc3ccccc3)c(C#N)c2-c2ccc(C)cc2)cc1. The third kappa shape index (κ3) is 4.81. The molecule has 33 heavy (non-hydrogen) atoms. The minimum absolute atomic E-state index is 0.108. The number of rotatable bonds is 6. The molecule has 164 valence electrons. The van der Waals surface area contributed by atoms with Crippen molar-refractivity contribution in [3.63, 3.8) is 0 Å². The van der Waals surface area contributed by atoms with Crippen molar-refractivity contribution in [1.82, 2.24) is 0 Å². The highest BCUT2D eigenvalue weighted by Crippen LogP contribution is 2.41. The number of nitriles is 1. The highest BCUT2D eigenvalue weighted by molar-refractivity contribution is 5.97. The lowest BCUT2D eigenvalue weighted by Crippen LogP contribution is -2.30. The van der Waals surface area contributed by atoms with E-state index in [0.29, 0.717) is 17.1 Å². The highest BCUT2D eigenvalue weighted by atomic mass is 16.5. The lowest BCUT2D eigenvalue weighted by molar-refractivity contribution is -0.122. The van der Waals surface area contributed by atoms with Gasteiger partial charge in [-0.15, -0.1) is 0 Å². The summed E-state index contributed by atoms with van der Waals surface area (Å²) in [5, 5.41) is 12.8. The zero-order valence-electron chi connectivity index (χ0n) is 18.8. The molecule has 4 aromatic rings. The summed E-state index contributed by atoms with van der Waals surface area (Å²) >= 11 is 0. The van der Waals surface area contributed by atoms with Crippen LogP contribution in [0.1, 0.15) is 23.6 Å². The van der Waals surface area contributed by atoms with Gasteiger partial charge in [-0.1, -0.05) is 77.9 Å². The van der Waals surface area contributed by atoms with Crippen LogP contribution in [0.3, 0.4) is 0 Å². The fourth-order valence-electron chi connectivity index (χ4n) is 3.50. The van der Waals surface area contributed by atoms with Crippen molar-refractivity contribution in [1.29, 1.82) is 5.26 Å². The van der Waals surface area contributed by atoms with E-state index < -0.39 is 12.0 Å². The van der Waals surface area contributed by atoms with E-state index in [1.54, 1.807) is 19.1 Å². The molecule has 0 radical (unpaired) electrons. The smallest absolute Gasteiger partial charge is 0.267 e. The monoisotopic (exact) mass is 436 g/mol. The molecule has 5 nitrogen and oxygen atoms in total. The first-order valence-corrected chi connectivity index (χ1v) is 10.7. The minimum Gasteiger partial charge on any atom is -0.481 e. The largest absolute Gasteiger partial charge is 0.481 e. The second kappa shape index (κ2) is 9.46. The minimum atomic E-state index is -0.783. The third-order valence-electron chi connectivity index (χ3n) is 5.34. The van der Waals surface area contributed by atoms with Crippen LogP contribution >= 0.6 is 0 Å². The van der Waals surface area contributed by atoms with Crippen molar-refractivity contribution in [3.05, 3.63) is 95.6 Å². The van der Waals surface area contributed by atoms with Gasteiger partial charge in [-0.3, -0.25) is 10.1 Å². The average molecular weight is 437 g/mol. The van der Waals surface area contributed by atoms with Crippen LogP contribution in [0.2, 0.25) is 0 Å². The van der Waals surface area contributed by atoms with E-state index in [4.69, 9.17) is 9.15 Å². The van der Waals surface area contributed by atoms with Gasteiger partial charge in [0.15, 0.2) is 6.10 Å². The molecule has 1 N–H and O–H groups in total. The molecule has 3 aromatic carbocycles. The number of anilines is 1. The third-order valence-corrected chi connectivity index (χ3v) is 5.34. The maximum absolute atomic E-state index is 12.9. The molecule has 5 heteroatoms. The van der Waals surface area contributed by atoms with E-state index >= 15 is 0 Å². The van der Waals surface area contributed by atoms with Crippen molar-refractivity contribution < 1.29 is 13.9 Å². The van der Waals surface area contributed by atoms with Gasteiger partial charge in [-0.25, -0.2) is 0 Å². The summed E-state index contributed by atoms with van der Waals surface area (Å²) in [7, 11) is 0. The summed E-state index contributed by atoms with van der Waals surface area (Å²) in [4.78, 5) is 12.9. The van der Waals surface area contributed by atoms with Gasteiger partial charge in [-0.05, 0) is 38.5 Å². The number of hydrogen-bond donors (Lipinski definition) is 1. The van der Waals surface area contributed by atoms with Crippen LogP contribution in [0, 0.1) is 25.2 Å². The number of carbonyl (C=O) groups is 1. The zero-order chi connectivity index (χ0) is 23.4. The van der Waals surface area contributed by atoms with Crippen LogP contribution in [0.4, 0.5) is 5.88 Å². The Hall–Kier alpha value is -4.30. The van der Waals surface area contributed by atoms with Gasteiger partial charge in [0, 0.05) is 11.1 Å². The van der Waals surface area contributed by atoms with E-state index in [1.807, 2.05) is 80.6 Å². The summed E-state index contributed by atoms with van der Waals surface area (Å²) in [5.74, 6) is 0.815. The van der Waals surface area contributed by atoms with E-state index in [2.05, 4.69) is 11.4 Å². The van der Waals surface area contributed by atoms with Crippen LogP contribution in [-0.4, -0.2) is 12.0 Å². The highest BCUT2D eigenvalue weighted by Gasteiger charge is 2.26. The summed E-state index contributed by atoms with van der Waals surface area (Å²) in [6.07, 6.45) is -0.783. The first kappa shape index (κ1) is 21.9. The quantitative estimate of drug-likeness (QED) is 0.374. The molecule has 0 spiro atoms. The van der Waals surface area contributed by atoms with Crippen LogP contribution in [0.5, 0.6) is 5.75 Å². The number of hydrogen-bond acceptors (Lipinski definition) is 4. The Balaban J connectivity index is 1.73. The molecule has 0 bridgehead atoms. The summed E-state index contributed by atoms with van der Waals surface area (Å²) in [6.45, 7) is 5.66. The summed E-state index contributed by atoms with van der Waals surface area (Å²) in [5.41, 5.74) is 4.80. The second-order valence-corrected chi connectivity index (χ2v) is 7.92. The second-order valence-electron chi connectivity index (χ2n) is 7.92. The number of carbonyl (C=O) groups excluding carboxylic acids is 1. The van der Waals surface area contributed by atoms with E-state index in [-0.39, 0.29) is 11.4 Å². The lowest BCUT2D eigenvalue weighted by atomic mass is 9.97. The molecule has 1 aromatic heterocycles. The number of benzene rings is 3. The Morgan fingerprint density at radius 2 is 1.48 bits per heavy atom. The molecular formula is C28H24N2O3. The van der Waals surface area contributed by atoms with E-state index in [0.717, 1.165) is 22.3 Å². The standard InChI is InChI=1S/C28H24N2O3/c1-18-9-13-21(14-10-18)25-24(17-29)28(33-26(25)22-15-11-19(2)12-16-22)30-27(31)20(3)32-23-7-5-4-6-8-23/h4-16,20H,1-3H3,(H,30,31)/t20-/m1/s1. The van der Waals surface area contributed by atoms with Gasteiger partial charge in [0.25, 0.3) is 5.91 Å². The molecular weight excluding hydrogens is 412 g/mol. The maximum atomic E-state index is 12.9. The Bertz CT molecular complexity index is 1300. The predicted octanol–water partition coefficient (Wildman–Crippen LogP) is 6.51. The average Bonchev–Trinajstić information content (AvgIpc) is 3.18. The fraction of sp³-hybridized carbons (Fsp3) is 0.143. The Labute approximate surface area is 193 Å². The molecule has 0 aliphatic rings. The molecule has 0 unspecified atom stereocenters. The molecule has 0 saturated heterocycles. The molecule has 0 saturated carbocycles. The molecule has 1 atom stereocenters. The first-order valence-electron chi connectivity index (χ1n) is 10.7. The molecule has 0 aliphatic carbocycles. The molecule has 0 aliphatic heterocycles. The maximum Gasteiger partial charge on any atom is 0.267 e. The van der Waals surface area contributed by atoms with Gasteiger partial charge in [0.1, 0.15) is 23.1 Å².